The van der Waals surface area contributed by atoms with Gasteiger partial charge >= 0.3 is 5.97 Å². The molecule has 1 saturated heterocycles. The standard InChI is InChI=1S/C14H18ClNO4S/c1-14(2)6-3-7-16(9-14)21(19,20)10-4-5-11(13(17)18)12(15)8-10/h4-5,8H,3,6-7,9H2,1-2H3,(H,17,18). The molecule has 0 unspecified atom stereocenters. The zero-order valence-electron chi connectivity index (χ0n) is 12.0. The minimum atomic E-state index is -3.64. The summed E-state index contributed by atoms with van der Waals surface area (Å²) in [6.45, 7) is 5.00. The quantitative estimate of drug-likeness (QED) is 0.924. The summed E-state index contributed by atoms with van der Waals surface area (Å²) in [6, 6.07) is 3.74. The van der Waals surface area contributed by atoms with Gasteiger partial charge in [0.2, 0.25) is 10.0 Å². The number of carboxylic acid groups (broad SMARTS) is 1. The Hall–Kier alpha value is -1.11. The van der Waals surface area contributed by atoms with E-state index >= 15 is 0 Å². The van der Waals surface area contributed by atoms with E-state index in [9.17, 15) is 13.2 Å². The number of carboxylic acids is 1. The normalized spacial score (nSPS) is 19.4. The summed E-state index contributed by atoms with van der Waals surface area (Å²) < 4.78 is 26.7. The van der Waals surface area contributed by atoms with Gasteiger partial charge < -0.3 is 5.11 Å². The number of aromatic carboxylic acids is 1. The molecule has 0 radical (unpaired) electrons. The fourth-order valence-corrected chi connectivity index (χ4v) is 4.57. The van der Waals surface area contributed by atoms with E-state index < -0.39 is 16.0 Å². The number of benzene rings is 1. The van der Waals surface area contributed by atoms with E-state index in [1.807, 2.05) is 13.8 Å². The summed E-state index contributed by atoms with van der Waals surface area (Å²) in [5.74, 6) is -1.18. The van der Waals surface area contributed by atoms with Crippen LogP contribution < -0.4 is 0 Å². The van der Waals surface area contributed by atoms with Crippen molar-refractivity contribution in [1.29, 1.82) is 0 Å². The molecule has 1 aliphatic rings. The van der Waals surface area contributed by atoms with Crippen LogP contribution in [0.25, 0.3) is 0 Å². The Balaban J connectivity index is 2.36. The monoisotopic (exact) mass is 331 g/mol. The summed E-state index contributed by atoms with van der Waals surface area (Å²) in [6.07, 6.45) is 1.80. The molecule has 1 aliphatic heterocycles. The lowest BCUT2D eigenvalue weighted by molar-refractivity contribution is 0.0697. The van der Waals surface area contributed by atoms with Crippen molar-refractivity contribution in [3.63, 3.8) is 0 Å². The number of piperidine rings is 1. The Bertz CT molecular complexity index is 670. The highest BCUT2D eigenvalue weighted by molar-refractivity contribution is 7.89. The minimum absolute atomic E-state index is 0.0372. The van der Waals surface area contributed by atoms with Gasteiger partial charge in [-0.2, -0.15) is 4.31 Å². The minimum Gasteiger partial charge on any atom is -0.478 e. The summed E-state index contributed by atoms with van der Waals surface area (Å²) in [5, 5.41) is 8.86. The van der Waals surface area contributed by atoms with Crippen molar-refractivity contribution in [2.24, 2.45) is 5.41 Å². The fraction of sp³-hybridized carbons (Fsp3) is 0.500. The van der Waals surface area contributed by atoms with E-state index in [1.165, 1.54) is 22.5 Å². The average Bonchev–Trinajstić information content (AvgIpc) is 2.36. The molecule has 1 fully saturated rings. The third kappa shape index (κ3) is 3.39. The predicted octanol–water partition coefficient (Wildman–Crippen LogP) is 2.85. The first-order chi connectivity index (χ1) is 9.63. The lowest BCUT2D eigenvalue weighted by atomic mass is 9.85. The molecule has 116 valence electrons. The van der Waals surface area contributed by atoms with E-state index in [0.717, 1.165) is 12.8 Å². The summed E-state index contributed by atoms with van der Waals surface area (Å²) in [5.41, 5.74) is -0.162. The van der Waals surface area contributed by atoms with Crippen LogP contribution in [0.4, 0.5) is 0 Å². The molecule has 21 heavy (non-hydrogen) atoms. The molecule has 1 aromatic carbocycles. The van der Waals surface area contributed by atoms with Crippen molar-refractivity contribution >= 4 is 27.6 Å². The van der Waals surface area contributed by atoms with E-state index in [1.54, 1.807) is 0 Å². The van der Waals surface area contributed by atoms with Crippen molar-refractivity contribution in [3.8, 4) is 0 Å². The molecule has 0 aromatic heterocycles. The second-order valence-corrected chi connectivity index (χ2v) is 8.40. The van der Waals surface area contributed by atoms with Gasteiger partial charge in [-0.15, -0.1) is 0 Å². The lowest BCUT2D eigenvalue weighted by Crippen LogP contribution is -2.43. The highest BCUT2D eigenvalue weighted by atomic mass is 35.5. The Morgan fingerprint density at radius 1 is 1.38 bits per heavy atom. The summed E-state index contributed by atoms with van der Waals surface area (Å²) >= 11 is 5.86. The Morgan fingerprint density at radius 2 is 2.05 bits per heavy atom. The Morgan fingerprint density at radius 3 is 2.57 bits per heavy atom. The number of carbonyl (C=O) groups is 1. The first kappa shape index (κ1) is 16.3. The van der Waals surface area contributed by atoms with Gasteiger partial charge in [-0.3, -0.25) is 0 Å². The van der Waals surface area contributed by atoms with Gasteiger partial charge in [-0.1, -0.05) is 25.4 Å². The van der Waals surface area contributed by atoms with Crippen molar-refractivity contribution < 1.29 is 18.3 Å². The second-order valence-electron chi connectivity index (χ2n) is 6.05. The van der Waals surface area contributed by atoms with Crippen LogP contribution in [-0.4, -0.2) is 36.9 Å². The van der Waals surface area contributed by atoms with E-state index in [4.69, 9.17) is 16.7 Å². The zero-order chi connectivity index (χ0) is 15.8. The maximum Gasteiger partial charge on any atom is 0.337 e. The number of halogens is 1. The molecule has 0 atom stereocenters. The van der Waals surface area contributed by atoms with E-state index in [-0.39, 0.29) is 20.9 Å². The SMILES string of the molecule is CC1(C)CCCN(S(=O)(=O)c2ccc(C(=O)O)c(Cl)c2)C1. The van der Waals surface area contributed by atoms with Gasteiger partial charge in [0, 0.05) is 13.1 Å². The van der Waals surface area contributed by atoms with Gasteiger partial charge in [0.15, 0.2) is 0 Å². The second kappa shape index (κ2) is 5.59. The number of nitrogens with zero attached hydrogens (tertiary/aromatic N) is 1. The maximum absolute atomic E-state index is 12.6. The van der Waals surface area contributed by atoms with Crippen molar-refractivity contribution in [3.05, 3.63) is 28.8 Å². The van der Waals surface area contributed by atoms with Gasteiger partial charge in [-0.25, -0.2) is 13.2 Å². The van der Waals surface area contributed by atoms with E-state index in [2.05, 4.69) is 0 Å². The average molecular weight is 332 g/mol. The van der Waals surface area contributed by atoms with Crippen LogP contribution in [0.5, 0.6) is 0 Å². The van der Waals surface area contributed by atoms with Crippen molar-refractivity contribution in [2.45, 2.75) is 31.6 Å². The van der Waals surface area contributed by atoms with Crippen LogP contribution in [0.15, 0.2) is 23.1 Å². The lowest BCUT2D eigenvalue weighted by Gasteiger charge is -2.37. The third-order valence-corrected chi connectivity index (χ3v) is 5.83. The molecule has 0 aliphatic carbocycles. The third-order valence-electron chi connectivity index (χ3n) is 3.67. The molecular weight excluding hydrogens is 314 g/mol. The largest absolute Gasteiger partial charge is 0.478 e. The molecule has 1 aromatic rings. The Labute approximate surface area is 129 Å². The first-order valence-electron chi connectivity index (χ1n) is 6.66. The van der Waals surface area contributed by atoms with Gasteiger partial charge in [0.1, 0.15) is 0 Å². The van der Waals surface area contributed by atoms with E-state index in [0.29, 0.717) is 13.1 Å². The van der Waals surface area contributed by atoms with Crippen LogP contribution in [0.2, 0.25) is 5.02 Å². The Kier molecular flexibility index (Phi) is 4.33. The topological polar surface area (TPSA) is 74.7 Å². The highest BCUT2D eigenvalue weighted by Crippen LogP contribution is 2.32. The maximum atomic E-state index is 12.6. The van der Waals surface area contributed by atoms with Crippen LogP contribution >= 0.6 is 11.6 Å². The van der Waals surface area contributed by atoms with Gasteiger partial charge in [-0.05, 0) is 36.5 Å². The predicted molar refractivity (Wildman–Crippen MR) is 80.2 cm³/mol. The van der Waals surface area contributed by atoms with Crippen LogP contribution in [0.1, 0.15) is 37.0 Å². The zero-order valence-corrected chi connectivity index (χ0v) is 13.5. The van der Waals surface area contributed by atoms with Crippen LogP contribution in [0.3, 0.4) is 0 Å². The molecule has 7 heteroatoms. The summed E-state index contributed by atoms with van der Waals surface area (Å²) in [7, 11) is -3.64. The molecule has 0 amide bonds. The molecule has 5 nitrogen and oxygen atoms in total. The smallest absolute Gasteiger partial charge is 0.337 e. The van der Waals surface area contributed by atoms with Crippen molar-refractivity contribution in [2.75, 3.05) is 13.1 Å². The molecule has 1 heterocycles. The van der Waals surface area contributed by atoms with Gasteiger partial charge in [0.25, 0.3) is 0 Å². The molecule has 0 bridgehead atoms. The van der Waals surface area contributed by atoms with Crippen LogP contribution in [-0.2, 0) is 10.0 Å². The molecule has 1 N–H and O–H groups in total. The number of rotatable bonds is 3. The summed E-state index contributed by atoms with van der Waals surface area (Å²) in [4.78, 5) is 11.0. The molecule has 0 saturated carbocycles. The number of hydrogen-bond donors (Lipinski definition) is 1. The molecular formula is C14H18ClNO4S. The first-order valence-corrected chi connectivity index (χ1v) is 8.48. The highest BCUT2D eigenvalue weighted by Gasteiger charge is 2.34. The van der Waals surface area contributed by atoms with Crippen molar-refractivity contribution in [1.82, 2.24) is 4.31 Å². The molecule has 2 rings (SSSR count). The molecule has 0 spiro atoms. The fourth-order valence-electron chi connectivity index (χ4n) is 2.55. The number of hydrogen-bond acceptors (Lipinski definition) is 3. The van der Waals surface area contributed by atoms with Gasteiger partial charge in [0.05, 0.1) is 15.5 Å². The number of sulfonamides is 1. The van der Waals surface area contributed by atoms with Crippen LogP contribution in [0, 0.1) is 5.41 Å².